The Morgan fingerprint density at radius 1 is 1.05 bits per heavy atom. The molecule has 0 amide bonds. The molecule has 0 heterocycles. The number of hydrogen-bond acceptors (Lipinski definition) is 2. The predicted molar refractivity (Wildman–Crippen MR) is 91.3 cm³/mol. The minimum atomic E-state index is 0.179. The maximum absolute atomic E-state index is 6.23. The second-order valence-corrected chi connectivity index (χ2v) is 7.79. The minimum Gasteiger partial charge on any atom is -0.329 e. The van der Waals surface area contributed by atoms with Crippen LogP contribution in [0.15, 0.2) is 24.3 Å². The van der Waals surface area contributed by atoms with E-state index in [-0.39, 0.29) is 5.54 Å². The van der Waals surface area contributed by atoms with Gasteiger partial charge in [-0.05, 0) is 50.6 Å². The van der Waals surface area contributed by atoms with Gasteiger partial charge in [-0.1, -0.05) is 50.1 Å². The zero-order valence-corrected chi connectivity index (χ0v) is 14.3. The Labute approximate surface area is 130 Å². The zero-order chi connectivity index (χ0) is 15.5. The maximum Gasteiger partial charge on any atom is 0.0332 e. The smallest absolute Gasteiger partial charge is 0.0332 e. The van der Waals surface area contributed by atoms with Crippen molar-refractivity contribution < 1.29 is 0 Å². The monoisotopic (exact) mass is 288 g/mol. The fraction of sp³-hybridized carbons (Fsp3) is 0.684. The zero-order valence-electron chi connectivity index (χ0n) is 14.3. The molecular formula is C19H32N2. The molecule has 118 valence electrons. The summed E-state index contributed by atoms with van der Waals surface area (Å²) < 4.78 is 0. The lowest BCUT2D eigenvalue weighted by molar-refractivity contribution is 0.0961. The predicted octanol–water partition coefficient (Wildman–Crippen LogP) is 4.11. The van der Waals surface area contributed by atoms with E-state index in [9.17, 15) is 0 Å². The Morgan fingerprint density at radius 3 is 2.33 bits per heavy atom. The van der Waals surface area contributed by atoms with E-state index in [1.165, 1.54) is 43.2 Å². The van der Waals surface area contributed by atoms with Gasteiger partial charge in [0.25, 0.3) is 0 Å². The van der Waals surface area contributed by atoms with Crippen LogP contribution in [0.3, 0.4) is 0 Å². The molecule has 1 aromatic carbocycles. The summed E-state index contributed by atoms with van der Waals surface area (Å²) in [4.78, 5) is 2.51. The lowest BCUT2D eigenvalue weighted by atomic mass is 9.83. The van der Waals surface area contributed by atoms with Gasteiger partial charge < -0.3 is 5.73 Å². The topological polar surface area (TPSA) is 29.3 Å². The van der Waals surface area contributed by atoms with Gasteiger partial charge in [0, 0.05) is 18.6 Å². The molecule has 1 fully saturated rings. The van der Waals surface area contributed by atoms with E-state index in [4.69, 9.17) is 5.73 Å². The molecule has 0 aromatic heterocycles. The van der Waals surface area contributed by atoms with E-state index in [0.717, 1.165) is 13.1 Å². The van der Waals surface area contributed by atoms with E-state index < -0.39 is 0 Å². The summed E-state index contributed by atoms with van der Waals surface area (Å²) in [6.07, 6.45) is 6.35. The molecule has 1 aliphatic carbocycles. The summed E-state index contributed by atoms with van der Waals surface area (Å²) in [6, 6.07) is 8.90. The van der Waals surface area contributed by atoms with Crippen LogP contribution in [0.2, 0.25) is 0 Å². The molecule has 2 N–H and O–H groups in total. The SMILES string of the molecule is Cc1ccc(CN(C)C2(CN)CCCC(C)(C)CC2)cc1. The summed E-state index contributed by atoms with van der Waals surface area (Å²) in [5.74, 6) is 0. The van der Waals surface area contributed by atoms with E-state index >= 15 is 0 Å². The average Bonchev–Trinajstić information content (AvgIpc) is 2.60. The molecule has 0 aliphatic heterocycles. The molecule has 1 unspecified atom stereocenters. The van der Waals surface area contributed by atoms with Gasteiger partial charge in [0.2, 0.25) is 0 Å². The first-order chi connectivity index (χ1) is 9.87. The number of likely N-dealkylation sites (N-methyl/N-ethyl adjacent to an activating group) is 1. The molecule has 2 heteroatoms. The second-order valence-electron chi connectivity index (χ2n) is 7.79. The van der Waals surface area contributed by atoms with Crippen LogP contribution in [0, 0.1) is 12.3 Å². The van der Waals surface area contributed by atoms with Crippen molar-refractivity contribution in [3.8, 4) is 0 Å². The van der Waals surface area contributed by atoms with Crippen molar-refractivity contribution in [1.29, 1.82) is 0 Å². The highest BCUT2D eigenvalue weighted by atomic mass is 15.2. The number of benzene rings is 1. The van der Waals surface area contributed by atoms with Gasteiger partial charge in [0.1, 0.15) is 0 Å². The van der Waals surface area contributed by atoms with Crippen molar-refractivity contribution >= 4 is 0 Å². The Hall–Kier alpha value is -0.860. The minimum absolute atomic E-state index is 0.179. The van der Waals surface area contributed by atoms with Crippen LogP contribution >= 0.6 is 0 Å². The molecule has 1 aromatic rings. The molecule has 0 bridgehead atoms. The third kappa shape index (κ3) is 4.08. The fourth-order valence-corrected chi connectivity index (χ4v) is 3.59. The number of rotatable bonds is 4. The van der Waals surface area contributed by atoms with Gasteiger partial charge in [-0.2, -0.15) is 0 Å². The lowest BCUT2D eigenvalue weighted by Crippen LogP contribution is -2.51. The molecule has 2 nitrogen and oxygen atoms in total. The first-order valence-corrected chi connectivity index (χ1v) is 8.34. The fourth-order valence-electron chi connectivity index (χ4n) is 3.59. The highest BCUT2D eigenvalue weighted by Crippen LogP contribution is 2.40. The van der Waals surface area contributed by atoms with E-state index in [1.54, 1.807) is 0 Å². The molecule has 1 atom stereocenters. The summed E-state index contributed by atoms with van der Waals surface area (Å²) in [5.41, 5.74) is 9.60. The molecule has 1 aliphatic rings. The Kier molecular flexibility index (Phi) is 5.11. The maximum atomic E-state index is 6.23. The largest absolute Gasteiger partial charge is 0.329 e. The lowest BCUT2D eigenvalue weighted by Gasteiger charge is -2.41. The number of nitrogens with two attached hydrogens (primary N) is 1. The van der Waals surface area contributed by atoms with Crippen LogP contribution < -0.4 is 5.73 Å². The normalized spacial score (nSPS) is 25.8. The molecule has 0 spiro atoms. The van der Waals surface area contributed by atoms with Crippen molar-refractivity contribution in [2.45, 2.75) is 65.0 Å². The Bertz CT molecular complexity index is 449. The van der Waals surface area contributed by atoms with Gasteiger partial charge in [-0.3, -0.25) is 4.90 Å². The van der Waals surface area contributed by atoms with Crippen LogP contribution in [0.25, 0.3) is 0 Å². The third-order valence-corrected chi connectivity index (χ3v) is 5.49. The Balaban J connectivity index is 2.10. The highest BCUT2D eigenvalue weighted by Gasteiger charge is 2.37. The molecule has 21 heavy (non-hydrogen) atoms. The van der Waals surface area contributed by atoms with Gasteiger partial charge in [-0.25, -0.2) is 0 Å². The van der Waals surface area contributed by atoms with Crippen molar-refractivity contribution in [2.24, 2.45) is 11.1 Å². The summed E-state index contributed by atoms with van der Waals surface area (Å²) in [6.45, 7) is 8.71. The van der Waals surface area contributed by atoms with Crippen molar-refractivity contribution in [3.05, 3.63) is 35.4 Å². The quantitative estimate of drug-likeness (QED) is 0.845. The summed E-state index contributed by atoms with van der Waals surface area (Å²) >= 11 is 0. The highest BCUT2D eigenvalue weighted by molar-refractivity contribution is 5.21. The van der Waals surface area contributed by atoms with Crippen LogP contribution in [0.4, 0.5) is 0 Å². The molecule has 1 saturated carbocycles. The molecule has 2 rings (SSSR count). The van der Waals surface area contributed by atoms with Crippen molar-refractivity contribution in [2.75, 3.05) is 13.6 Å². The van der Waals surface area contributed by atoms with Crippen molar-refractivity contribution in [3.63, 3.8) is 0 Å². The molecule has 0 radical (unpaired) electrons. The van der Waals surface area contributed by atoms with Crippen LogP contribution in [0.5, 0.6) is 0 Å². The molecule has 0 saturated heterocycles. The first kappa shape index (κ1) is 16.5. The number of hydrogen-bond donors (Lipinski definition) is 1. The summed E-state index contributed by atoms with van der Waals surface area (Å²) in [5, 5.41) is 0. The number of nitrogens with zero attached hydrogens (tertiary/aromatic N) is 1. The van der Waals surface area contributed by atoms with Gasteiger partial charge >= 0.3 is 0 Å². The van der Waals surface area contributed by atoms with Gasteiger partial charge in [0.05, 0.1) is 0 Å². The van der Waals surface area contributed by atoms with Gasteiger partial charge in [0.15, 0.2) is 0 Å². The second kappa shape index (κ2) is 6.50. The first-order valence-electron chi connectivity index (χ1n) is 8.34. The van der Waals surface area contributed by atoms with E-state index in [2.05, 4.69) is 57.0 Å². The van der Waals surface area contributed by atoms with Gasteiger partial charge in [-0.15, -0.1) is 0 Å². The number of aryl methyl sites for hydroxylation is 1. The average molecular weight is 288 g/mol. The van der Waals surface area contributed by atoms with Crippen LogP contribution in [0.1, 0.15) is 57.1 Å². The standard InChI is InChI=1S/C19H32N2/c1-16-6-8-17(9-7-16)14-21(4)19(15-20)11-5-10-18(2,3)12-13-19/h6-9H,5,10-15,20H2,1-4H3. The van der Waals surface area contributed by atoms with E-state index in [1.807, 2.05) is 0 Å². The van der Waals surface area contributed by atoms with Crippen molar-refractivity contribution in [1.82, 2.24) is 4.90 Å². The molecular weight excluding hydrogens is 256 g/mol. The Morgan fingerprint density at radius 2 is 1.71 bits per heavy atom. The summed E-state index contributed by atoms with van der Waals surface area (Å²) in [7, 11) is 2.25. The third-order valence-electron chi connectivity index (χ3n) is 5.49. The van der Waals surface area contributed by atoms with Crippen LogP contribution in [-0.2, 0) is 6.54 Å². The van der Waals surface area contributed by atoms with Crippen LogP contribution in [-0.4, -0.2) is 24.0 Å². The van der Waals surface area contributed by atoms with E-state index in [0.29, 0.717) is 5.41 Å².